The Kier molecular flexibility index (Phi) is 5.11. The van der Waals surface area contributed by atoms with Gasteiger partial charge in [-0.25, -0.2) is 4.98 Å². The van der Waals surface area contributed by atoms with Gasteiger partial charge in [-0.2, -0.15) is 0 Å². The maximum absolute atomic E-state index is 12.9. The number of hydrogen-bond acceptors (Lipinski definition) is 4. The molecule has 5 rings (SSSR count). The van der Waals surface area contributed by atoms with Crippen LogP contribution in [0, 0.1) is 6.92 Å². The van der Waals surface area contributed by atoms with Crippen molar-refractivity contribution in [1.82, 2.24) is 9.55 Å². The van der Waals surface area contributed by atoms with Crippen LogP contribution in [-0.4, -0.2) is 15.5 Å². The van der Waals surface area contributed by atoms with Crippen molar-refractivity contribution in [2.45, 2.75) is 20.1 Å². The summed E-state index contributed by atoms with van der Waals surface area (Å²) in [5, 5.41) is 2.38. The Morgan fingerprint density at radius 3 is 2.31 bits per heavy atom. The molecule has 158 valence electrons. The fourth-order valence-electron chi connectivity index (χ4n) is 3.98. The molecule has 0 N–H and O–H groups in total. The van der Waals surface area contributed by atoms with Gasteiger partial charge < -0.3 is 9.30 Å². The Morgan fingerprint density at radius 1 is 0.969 bits per heavy atom. The van der Waals surface area contributed by atoms with Crippen LogP contribution in [0.1, 0.15) is 11.1 Å². The van der Waals surface area contributed by atoms with Crippen molar-refractivity contribution in [3.05, 3.63) is 99.3 Å². The van der Waals surface area contributed by atoms with Crippen molar-refractivity contribution < 1.29 is 9.53 Å². The minimum atomic E-state index is -0.427. The molecular weight excluding hydrogens is 424 g/mol. The molecule has 0 atom stereocenters. The van der Waals surface area contributed by atoms with E-state index in [1.165, 1.54) is 0 Å². The number of benzene rings is 3. The lowest BCUT2D eigenvalue weighted by molar-refractivity contribution is -0.145. The normalized spacial score (nSPS) is 11.3. The maximum atomic E-state index is 12.9. The predicted octanol–water partition coefficient (Wildman–Crippen LogP) is 5.41. The van der Waals surface area contributed by atoms with Gasteiger partial charge in [0.15, 0.2) is 5.43 Å². The first-order chi connectivity index (χ1) is 15.5. The number of pyridine rings is 2. The van der Waals surface area contributed by atoms with Crippen molar-refractivity contribution >= 4 is 50.3 Å². The van der Waals surface area contributed by atoms with E-state index in [0.29, 0.717) is 32.5 Å². The Hall–Kier alpha value is -3.70. The van der Waals surface area contributed by atoms with Gasteiger partial charge in [0.2, 0.25) is 0 Å². The number of fused-ring (bicyclic) bond motifs is 3. The van der Waals surface area contributed by atoms with Crippen LogP contribution in [0.15, 0.2) is 77.6 Å². The zero-order chi connectivity index (χ0) is 22.2. The summed E-state index contributed by atoms with van der Waals surface area (Å²) in [6.45, 7) is 1.98. The Bertz CT molecular complexity index is 1510. The molecular formula is C26H19ClN2O3. The first kappa shape index (κ1) is 20.2. The molecule has 0 amide bonds. The summed E-state index contributed by atoms with van der Waals surface area (Å²) in [6, 6.07) is 22.4. The van der Waals surface area contributed by atoms with Crippen molar-refractivity contribution in [2.75, 3.05) is 0 Å². The zero-order valence-corrected chi connectivity index (χ0v) is 18.1. The number of ether oxygens (including phenoxy) is 1. The van der Waals surface area contributed by atoms with Crippen LogP contribution in [0.2, 0.25) is 5.15 Å². The molecule has 32 heavy (non-hydrogen) atoms. The number of para-hydroxylation sites is 2. The van der Waals surface area contributed by atoms with Gasteiger partial charge in [-0.05, 0) is 48.9 Å². The smallest absolute Gasteiger partial charge is 0.326 e. The van der Waals surface area contributed by atoms with Crippen LogP contribution in [0.3, 0.4) is 0 Å². The molecule has 0 radical (unpaired) electrons. The number of carbonyl (C=O) groups excluding carboxylic acids is 1. The standard InChI is InChI=1S/C26H19ClN2O3/c1-16-10-11-17-13-18(26(27)28-21(17)12-16)15-32-24(30)14-29-22-8-4-2-6-19(22)25(31)20-7-3-5-9-23(20)29/h2-13H,14-15H2,1H3. The third-order valence-electron chi connectivity index (χ3n) is 5.55. The summed E-state index contributed by atoms with van der Waals surface area (Å²) >= 11 is 6.33. The Morgan fingerprint density at radius 2 is 1.62 bits per heavy atom. The fourth-order valence-corrected chi connectivity index (χ4v) is 4.18. The van der Waals surface area contributed by atoms with Crippen molar-refractivity contribution in [2.24, 2.45) is 0 Å². The molecule has 6 heteroatoms. The van der Waals surface area contributed by atoms with E-state index in [-0.39, 0.29) is 18.6 Å². The molecule has 0 aliphatic heterocycles. The maximum Gasteiger partial charge on any atom is 0.326 e. The van der Waals surface area contributed by atoms with E-state index in [1.807, 2.05) is 72.2 Å². The van der Waals surface area contributed by atoms with Crippen molar-refractivity contribution in [1.29, 1.82) is 0 Å². The van der Waals surface area contributed by atoms with Crippen molar-refractivity contribution in [3.8, 4) is 0 Å². The van der Waals surface area contributed by atoms with Crippen LogP contribution < -0.4 is 5.43 Å². The number of nitrogens with zero attached hydrogens (tertiary/aromatic N) is 2. The van der Waals surface area contributed by atoms with Gasteiger partial charge in [-0.15, -0.1) is 0 Å². The molecule has 5 aromatic rings. The van der Waals surface area contributed by atoms with Crippen LogP contribution in [0.5, 0.6) is 0 Å². The highest BCUT2D eigenvalue weighted by molar-refractivity contribution is 6.30. The monoisotopic (exact) mass is 442 g/mol. The van der Waals surface area contributed by atoms with E-state index in [9.17, 15) is 9.59 Å². The summed E-state index contributed by atoms with van der Waals surface area (Å²) in [5.41, 5.74) is 3.87. The topological polar surface area (TPSA) is 61.2 Å². The molecule has 3 aromatic carbocycles. The van der Waals surface area contributed by atoms with E-state index in [4.69, 9.17) is 16.3 Å². The summed E-state index contributed by atoms with van der Waals surface area (Å²) in [5.74, 6) is -0.427. The first-order valence-electron chi connectivity index (χ1n) is 10.2. The van der Waals surface area contributed by atoms with E-state index >= 15 is 0 Å². The summed E-state index contributed by atoms with van der Waals surface area (Å²) in [7, 11) is 0. The van der Waals surface area contributed by atoms with Gasteiger partial charge in [0.1, 0.15) is 18.3 Å². The van der Waals surface area contributed by atoms with Crippen LogP contribution in [0.25, 0.3) is 32.7 Å². The second-order valence-electron chi connectivity index (χ2n) is 7.74. The molecule has 0 saturated heterocycles. The molecule has 0 aliphatic rings. The van der Waals surface area contributed by atoms with Gasteiger partial charge in [0, 0.05) is 21.7 Å². The molecule has 2 aromatic heterocycles. The number of hydrogen-bond donors (Lipinski definition) is 0. The third kappa shape index (κ3) is 3.61. The summed E-state index contributed by atoms with van der Waals surface area (Å²) in [4.78, 5) is 30.1. The molecule has 0 fully saturated rings. The van der Waals surface area contributed by atoms with Crippen LogP contribution >= 0.6 is 11.6 Å². The molecule has 2 heterocycles. The number of esters is 1. The molecule has 0 saturated carbocycles. The second kappa shape index (κ2) is 8.09. The number of rotatable bonds is 4. The number of halogens is 1. The largest absolute Gasteiger partial charge is 0.459 e. The average Bonchev–Trinajstić information content (AvgIpc) is 2.80. The quantitative estimate of drug-likeness (QED) is 0.212. The number of aryl methyl sites for hydroxylation is 1. The van der Waals surface area contributed by atoms with Gasteiger partial charge in [-0.3, -0.25) is 9.59 Å². The van der Waals surface area contributed by atoms with E-state index in [2.05, 4.69) is 4.98 Å². The second-order valence-corrected chi connectivity index (χ2v) is 8.10. The lowest BCUT2D eigenvalue weighted by Crippen LogP contribution is -2.18. The number of aromatic nitrogens is 2. The van der Waals surface area contributed by atoms with Gasteiger partial charge >= 0.3 is 5.97 Å². The summed E-state index contributed by atoms with van der Waals surface area (Å²) in [6.07, 6.45) is 0. The lowest BCUT2D eigenvalue weighted by atomic mass is 10.1. The minimum absolute atomic E-state index is 0.0184. The van der Waals surface area contributed by atoms with E-state index < -0.39 is 5.97 Å². The van der Waals surface area contributed by atoms with Crippen molar-refractivity contribution in [3.63, 3.8) is 0 Å². The van der Waals surface area contributed by atoms with Gasteiger partial charge in [-0.1, -0.05) is 48.0 Å². The summed E-state index contributed by atoms with van der Waals surface area (Å²) < 4.78 is 7.37. The predicted molar refractivity (Wildman–Crippen MR) is 127 cm³/mol. The first-order valence-corrected chi connectivity index (χ1v) is 10.6. The van der Waals surface area contributed by atoms with Gasteiger partial charge in [0.25, 0.3) is 0 Å². The Balaban J connectivity index is 1.45. The SMILES string of the molecule is Cc1ccc2cc(COC(=O)Cn3c4ccccc4c(=O)c4ccccc43)c(Cl)nc2c1. The van der Waals surface area contributed by atoms with E-state index in [1.54, 1.807) is 12.1 Å². The minimum Gasteiger partial charge on any atom is -0.459 e. The molecule has 0 bridgehead atoms. The highest BCUT2D eigenvalue weighted by atomic mass is 35.5. The Labute approximate surface area is 188 Å². The zero-order valence-electron chi connectivity index (χ0n) is 17.3. The van der Waals surface area contributed by atoms with Crippen LogP contribution in [0.4, 0.5) is 0 Å². The molecule has 0 unspecified atom stereocenters. The molecule has 5 nitrogen and oxygen atoms in total. The lowest BCUT2D eigenvalue weighted by Gasteiger charge is -2.15. The average molecular weight is 443 g/mol. The fraction of sp³-hybridized carbons (Fsp3) is 0.115. The third-order valence-corrected chi connectivity index (χ3v) is 5.88. The molecule has 0 spiro atoms. The number of carbonyl (C=O) groups is 1. The van der Waals surface area contributed by atoms with Crippen LogP contribution in [-0.2, 0) is 22.7 Å². The molecule has 0 aliphatic carbocycles. The highest BCUT2D eigenvalue weighted by Gasteiger charge is 2.14. The highest BCUT2D eigenvalue weighted by Crippen LogP contribution is 2.23. The van der Waals surface area contributed by atoms with Gasteiger partial charge in [0.05, 0.1) is 16.6 Å². The van der Waals surface area contributed by atoms with E-state index in [0.717, 1.165) is 16.5 Å².